The van der Waals surface area contributed by atoms with Crippen molar-refractivity contribution in [1.82, 2.24) is 25.1 Å². The van der Waals surface area contributed by atoms with Crippen LogP contribution in [0.1, 0.15) is 38.8 Å². The summed E-state index contributed by atoms with van der Waals surface area (Å²) in [6, 6.07) is 1.98. The van der Waals surface area contributed by atoms with Crippen molar-refractivity contribution in [2.24, 2.45) is 5.92 Å². The monoisotopic (exact) mass is 386 g/mol. The van der Waals surface area contributed by atoms with Crippen molar-refractivity contribution >= 4 is 17.8 Å². The van der Waals surface area contributed by atoms with Crippen LogP contribution in [0.25, 0.3) is 0 Å². The van der Waals surface area contributed by atoms with Gasteiger partial charge in [0.05, 0.1) is 11.2 Å². The molecule has 3 saturated heterocycles. The van der Waals surface area contributed by atoms with Gasteiger partial charge in [0.1, 0.15) is 0 Å². The third-order valence-corrected chi connectivity index (χ3v) is 6.34. The molecule has 1 aromatic heterocycles. The summed E-state index contributed by atoms with van der Waals surface area (Å²) in [6.07, 6.45) is 5.22. The highest BCUT2D eigenvalue weighted by Gasteiger charge is 2.51. The number of nitrogens with zero attached hydrogens (tertiary/aromatic N) is 5. The molecular formula is C20H30N6O2. The molecule has 3 fully saturated rings. The molecule has 1 N–H and O–H groups in total. The van der Waals surface area contributed by atoms with E-state index in [9.17, 15) is 9.59 Å². The van der Waals surface area contributed by atoms with Gasteiger partial charge in [-0.15, -0.1) is 0 Å². The van der Waals surface area contributed by atoms with E-state index in [-0.39, 0.29) is 17.4 Å². The topological polar surface area (TPSA) is 81.7 Å². The largest absolute Gasteiger partial charge is 0.347 e. The molecule has 3 aliphatic rings. The molecule has 2 atom stereocenters. The maximum Gasteiger partial charge on any atom is 0.225 e. The van der Waals surface area contributed by atoms with Gasteiger partial charge >= 0.3 is 0 Å². The van der Waals surface area contributed by atoms with E-state index in [2.05, 4.69) is 20.1 Å². The Hall–Kier alpha value is -2.22. The van der Waals surface area contributed by atoms with Gasteiger partial charge in [-0.3, -0.25) is 14.5 Å². The number of carbonyl (C=O) groups excluding carboxylic acids is 2. The second kappa shape index (κ2) is 7.66. The van der Waals surface area contributed by atoms with Crippen LogP contribution in [0.2, 0.25) is 0 Å². The van der Waals surface area contributed by atoms with Crippen LogP contribution in [0.4, 0.5) is 5.95 Å². The summed E-state index contributed by atoms with van der Waals surface area (Å²) in [6.45, 7) is 8.97. The minimum Gasteiger partial charge on any atom is -0.347 e. The van der Waals surface area contributed by atoms with E-state index >= 15 is 0 Å². The van der Waals surface area contributed by atoms with Crippen molar-refractivity contribution in [3.63, 3.8) is 0 Å². The Morgan fingerprint density at radius 2 is 2.00 bits per heavy atom. The van der Waals surface area contributed by atoms with E-state index in [0.717, 1.165) is 57.3 Å². The molecule has 4 heterocycles. The molecule has 0 saturated carbocycles. The smallest absolute Gasteiger partial charge is 0.225 e. The number of rotatable bonds is 4. The lowest BCUT2D eigenvalue weighted by Crippen LogP contribution is -2.63. The lowest BCUT2D eigenvalue weighted by atomic mass is 9.80. The molecule has 2 amide bonds. The zero-order valence-corrected chi connectivity index (χ0v) is 16.9. The van der Waals surface area contributed by atoms with E-state index in [0.29, 0.717) is 12.5 Å². The van der Waals surface area contributed by atoms with Gasteiger partial charge in [-0.2, -0.15) is 0 Å². The third-order valence-electron chi connectivity index (χ3n) is 6.34. The van der Waals surface area contributed by atoms with Crippen LogP contribution in [0.5, 0.6) is 0 Å². The minimum atomic E-state index is -0.361. The van der Waals surface area contributed by atoms with Crippen LogP contribution < -0.4 is 10.2 Å². The maximum absolute atomic E-state index is 11.9. The zero-order chi connectivity index (χ0) is 19.7. The van der Waals surface area contributed by atoms with Crippen LogP contribution in [0, 0.1) is 5.92 Å². The van der Waals surface area contributed by atoms with Gasteiger partial charge in [0.2, 0.25) is 17.8 Å². The molecule has 8 nitrogen and oxygen atoms in total. The van der Waals surface area contributed by atoms with E-state index in [1.54, 1.807) is 13.8 Å². The first kappa shape index (κ1) is 19.1. The Kier molecular flexibility index (Phi) is 5.23. The summed E-state index contributed by atoms with van der Waals surface area (Å²) in [5, 5.41) is 3.20. The fourth-order valence-corrected chi connectivity index (χ4v) is 5.02. The highest BCUT2D eigenvalue weighted by molar-refractivity contribution is 5.76. The SMILES string of the molecule is CC(=O)N[C@@]12CN(Cc3ccnc(N4CCCC4)n3)CC[C@@H]1CN(C(C)=O)C2. The van der Waals surface area contributed by atoms with Crippen LogP contribution in [-0.4, -0.2) is 76.4 Å². The minimum absolute atomic E-state index is 0.0318. The fourth-order valence-electron chi connectivity index (χ4n) is 5.02. The number of hydrogen-bond donors (Lipinski definition) is 1. The lowest BCUT2D eigenvalue weighted by molar-refractivity contribution is -0.128. The summed E-state index contributed by atoms with van der Waals surface area (Å²) < 4.78 is 0. The number of aromatic nitrogens is 2. The van der Waals surface area contributed by atoms with Gasteiger partial charge in [0.25, 0.3) is 0 Å². The predicted octanol–water partition coefficient (Wildman–Crippen LogP) is 0.636. The molecule has 0 radical (unpaired) electrons. The van der Waals surface area contributed by atoms with Crippen molar-refractivity contribution in [2.45, 2.75) is 45.2 Å². The number of amides is 2. The molecule has 4 rings (SSSR count). The standard InChI is InChI=1S/C20H30N6O2/c1-15(27)23-20-13-24(10-6-17(20)11-26(14-20)16(2)28)12-18-5-7-21-19(22-18)25-8-3-4-9-25/h5,7,17H,3-4,6,8-14H2,1-2H3,(H,23,27)/t17-,20-/m1/s1. The molecule has 28 heavy (non-hydrogen) atoms. The van der Waals surface area contributed by atoms with Gasteiger partial charge in [-0.05, 0) is 31.9 Å². The Bertz CT molecular complexity index is 750. The molecule has 152 valence electrons. The average Bonchev–Trinajstić information content (AvgIpc) is 3.29. The number of nitrogens with one attached hydrogen (secondary N) is 1. The molecule has 0 aliphatic carbocycles. The highest BCUT2D eigenvalue weighted by Crippen LogP contribution is 2.35. The predicted molar refractivity (Wildman–Crippen MR) is 106 cm³/mol. The quantitative estimate of drug-likeness (QED) is 0.818. The first-order valence-electron chi connectivity index (χ1n) is 10.3. The van der Waals surface area contributed by atoms with Crippen LogP contribution in [0.15, 0.2) is 12.3 Å². The molecule has 0 bridgehead atoms. The van der Waals surface area contributed by atoms with Crippen molar-refractivity contribution in [1.29, 1.82) is 0 Å². The fraction of sp³-hybridized carbons (Fsp3) is 0.700. The maximum atomic E-state index is 11.9. The average molecular weight is 387 g/mol. The zero-order valence-electron chi connectivity index (χ0n) is 16.9. The number of fused-ring (bicyclic) bond motifs is 1. The highest BCUT2D eigenvalue weighted by atomic mass is 16.2. The first-order valence-corrected chi connectivity index (χ1v) is 10.3. The molecule has 0 unspecified atom stereocenters. The van der Waals surface area contributed by atoms with Crippen LogP contribution in [0.3, 0.4) is 0 Å². The number of carbonyl (C=O) groups is 2. The van der Waals surface area contributed by atoms with Gasteiger partial charge in [-0.1, -0.05) is 0 Å². The summed E-state index contributed by atoms with van der Waals surface area (Å²) in [5.74, 6) is 1.18. The van der Waals surface area contributed by atoms with Gasteiger partial charge < -0.3 is 15.1 Å². The molecule has 0 aromatic carbocycles. The number of likely N-dealkylation sites (tertiary alicyclic amines) is 2. The first-order chi connectivity index (χ1) is 13.4. The molecule has 3 aliphatic heterocycles. The van der Waals surface area contributed by atoms with Gasteiger partial charge in [0.15, 0.2) is 0 Å². The third kappa shape index (κ3) is 3.83. The molecule has 1 aromatic rings. The van der Waals surface area contributed by atoms with E-state index in [1.165, 1.54) is 12.8 Å². The van der Waals surface area contributed by atoms with Crippen LogP contribution >= 0.6 is 0 Å². The Balaban J connectivity index is 1.48. The Morgan fingerprint density at radius 1 is 1.21 bits per heavy atom. The molecule has 0 spiro atoms. The number of anilines is 1. The van der Waals surface area contributed by atoms with Crippen molar-refractivity contribution in [3.05, 3.63) is 18.0 Å². The van der Waals surface area contributed by atoms with Gasteiger partial charge in [-0.25, -0.2) is 9.97 Å². The Morgan fingerprint density at radius 3 is 2.71 bits per heavy atom. The van der Waals surface area contributed by atoms with E-state index < -0.39 is 0 Å². The molecular weight excluding hydrogens is 356 g/mol. The van der Waals surface area contributed by atoms with E-state index in [1.807, 2.05) is 17.2 Å². The number of piperidine rings is 1. The summed E-state index contributed by atoms with van der Waals surface area (Å²) in [5.41, 5.74) is 0.648. The normalized spacial score (nSPS) is 27.7. The second-order valence-electron chi connectivity index (χ2n) is 8.48. The van der Waals surface area contributed by atoms with Crippen LogP contribution in [-0.2, 0) is 16.1 Å². The molecule has 8 heteroatoms. The Labute approximate surface area is 166 Å². The van der Waals surface area contributed by atoms with Crippen molar-refractivity contribution in [2.75, 3.05) is 44.2 Å². The summed E-state index contributed by atoms with van der Waals surface area (Å²) in [7, 11) is 0. The lowest BCUT2D eigenvalue weighted by Gasteiger charge is -2.44. The second-order valence-corrected chi connectivity index (χ2v) is 8.48. The van der Waals surface area contributed by atoms with Crippen molar-refractivity contribution in [3.8, 4) is 0 Å². The van der Waals surface area contributed by atoms with Crippen molar-refractivity contribution < 1.29 is 9.59 Å². The summed E-state index contributed by atoms with van der Waals surface area (Å²) >= 11 is 0. The van der Waals surface area contributed by atoms with E-state index in [4.69, 9.17) is 4.98 Å². The van der Waals surface area contributed by atoms with Gasteiger partial charge in [0, 0.05) is 65.2 Å². The summed E-state index contributed by atoms with van der Waals surface area (Å²) in [4.78, 5) is 39.6. The number of hydrogen-bond acceptors (Lipinski definition) is 6.